The van der Waals surface area contributed by atoms with E-state index >= 15 is 0 Å². The van der Waals surface area contributed by atoms with Crippen LogP contribution in [0, 0.1) is 0 Å². The van der Waals surface area contributed by atoms with Crippen LogP contribution in [0.2, 0.25) is 5.02 Å². The van der Waals surface area contributed by atoms with Crippen LogP contribution in [-0.4, -0.2) is 41.2 Å². The number of pyridine rings is 1. The van der Waals surface area contributed by atoms with E-state index in [1.165, 1.54) is 5.56 Å². The van der Waals surface area contributed by atoms with Crippen LogP contribution in [0.1, 0.15) is 12.0 Å². The molecule has 0 radical (unpaired) electrons. The molecular weight excluding hydrogens is 326 g/mol. The van der Waals surface area contributed by atoms with Gasteiger partial charge in [-0.2, -0.15) is 0 Å². The van der Waals surface area contributed by atoms with Crippen LogP contribution < -0.4 is 4.90 Å². The van der Waals surface area contributed by atoms with E-state index in [0.29, 0.717) is 6.61 Å². The van der Waals surface area contributed by atoms with Crippen LogP contribution in [0.5, 0.6) is 0 Å². The van der Waals surface area contributed by atoms with E-state index in [1.54, 1.807) is 17.3 Å². The van der Waals surface area contributed by atoms with Gasteiger partial charge in [-0.3, -0.25) is 14.8 Å². The maximum absolute atomic E-state index is 12.3. The number of aromatic nitrogens is 1. The molecule has 4 rings (SSSR count). The number of nitrogens with zero attached hydrogens (tertiary/aromatic N) is 3. The molecule has 1 spiro atoms. The zero-order valence-electron chi connectivity index (χ0n) is 13.2. The van der Waals surface area contributed by atoms with E-state index in [0.717, 1.165) is 36.8 Å². The van der Waals surface area contributed by atoms with Crippen LogP contribution in [0.3, 0.4) is 0 Å². The minimum atomic E-state index is -0.295. The van der Waals surface area contributed by atoms with Gasteiger partial charge in [0.1, 0.15) is 6.61 Å². The lowest BCUT2D eigenvalue weighted by molar-refractivity contribution is 0.172. The van der Waals surface area contributed by atoms with Gasteiger partial charge in [-0.25, -0.2) is 4.79 Å². The summed E-state index contributed by atoms with van der Waals surface area (Å²) in [7, 11) is 0. The Kier molecular flexibility index (Phi) is 3.90. The lowest BCUT2D eigenvalue weighted by atomic mass is 9.98. The summed E-state index contributed by atoms with van der Waals surface area (Å²) in [5, 5.41) is 0.749. The van der Waals surface area contributed by atoms with Gasteiger partial charge in [-0.05, 0) is 36.2 Å². The summed E-state index contributed by atoms with van der Waals surface area (Å²) in [5.74, 6) is 0. The molecule has 1 amide bonds. The normalized spacial score (nSPS) is 23.9. The second-order valence-electron chi connectivity index (χ2n) is 6.41. The predicted octanol–water partition coefficient (Wildman–Crippen LogP) is 3.34. The van der Waals surface area contributed by atoms with Crippen molar-refractivity contribution in [3.8, 4) is 0 Å². The fourth-order valence-corrected chi connectivity index (χ4v) is 3.87. The topological polar surface area (TPSA) is 45.7 Å². The zero-order valence-corrected chi connectivity index (χ0v) is 13.9. The average Bonchev–Trinajstić information content (AvgIpc) is 3.12. The highest BCUT2D eigenvalue weighted by Crippen LogP contribution is 2.37. The smallest absolute Gasteiger partial charge is 0.415 e. The Hall–Kier alpha value is -2.11. The number of rotatable bonds is 3. The molecule has 2 aromatic rings. The van der Waals surface area contributed by atoms with Crippen LogP contribution in [-0.2, 0) is 11.3 Å². The Morgan fingerprint density at radius 3 is 2.88 bits per heavy atom. The van der Waals surface area contributed by atoms with Crippen LogP contribution in [0.15, 0.2) is 48.8 Å². The second kappa shape index (κ2) is 6.07. The highest BCUT2D eigenvalue weighted by atomic mass is 35.5. The van der Waals surface area contributed by atoms with Crippen molar-refractivity contribution in [3.63, 3.8) is 0 Å². The highest BCUT2D eigenvalue weighted by molar-refractivity contribution is 6.30. The molecule has 24 heavy (non-hydrogen) atoms. The number of ether oxygens (including phenoxy) is 1. The van der Waals surface area contributed by atoms with E-state index in [4.69, 9.17) is 16.3 Å². The lowest BCUT2D eigenvalue weighted by Crippen LogP contribution is -2.49. The number of carbonyl (C=O) groups is 1. The molecule has 2 aliphatic rings. The fourth-order valence-electron chi connectivity index (χ4n) is 3.66. The van der Waals surface area contributed by atoms with Crippen LogP contribution >= 0.6 is 11.6 Å². The van der Waals surface area contributed by atoms with Crippen molar-refractivity contribution in [1.29, 1.82) is 0 Å². The van der Waals surface area contributed by atoms with E-state index in [9.17, 15) is 4.79 Å². The first-order chi connectivity index (χ1) is 11.7. The molecule has 5 nitrogen and oxygen atoms in total. The maximum atomic E-state index is 12.3. The standard InChI is InChI=1S/C18H18ClN3O2/c19-15-3-1-2-14(10-15)11-21-9-6-18(12-21)13-24-17(23)22(18)16-4-7-20-8-5-16/h1-5,7-8,10H,6,9,11-13H2. The molecular formula is C18H18ClN3O2. The van der Waals surface area contributed by atoms with E-state index in [2.05, 4.69) is 16.0 Å². The Morgan fingerprint density at radius 2 is 2.08 bits per heavy atom. The molecule has 0 aliphatic carbocycles. The number of halogens is 1. The monoisotopic (exact) mass is 343 g/mol. The summed E-state index contributed by atoms with van der Waals surface area (Å²) in [6.45, 7) is 2.96. The third kappa shape index (κ3) is 2.74. The van der Waals surface area contributed by atoms with Gasteiger partial charge in [0.2, 0.25) is 0 Å². The zero-order chi connectivity index (χ0) is 16.6. The summed E-state index contributed by atoms with van der Waals surface area (Å²) in [6, 6.07) is 11.6. The average molecular weight is 344 g/mol. The van der Waals surface area contributed by atoms with E-state index < -0.39 is 0 Å². The number of benzene rings is 1. The quantitative estimate of drug-likeness (QED) is 0.857. The van der Waals surface area contributed by atoms with Crippen molar-refractivity contribution in [2.75, 3.05) is 24.6 Å². The number of hydrogen-bond acceptors (Lipinski definition) is 4. The molecule has 6 heteroatoms. The molecule has 0 N–H and O–H groups in total. The lowest BCUT2D eigenvalue weighted by Gasteiger charge is -2.31. The largest absolute Gasteiger partial charge is 0.447 e. The van der Waals surface area contributed by atoms with Crippen LogP contribution in [0.4, 0.5) is 10.5 Å². The SMILES string of the molecule is O=C1OCC2(CCN(Cc3cccc(Cl)c3)C2)N1c1ccncc1. The van der Waals surface area contributed by atoms with Gasteiger partial charge in [-0.1, -0.05) is 23.7 Å². The Morgan fingerprint density at radius 1 is 1.25 bits per heavy atom. The molecule has 1 unspecified atom stereocenters. The number of likely N-dealkylation sites (tertiary alicyclic amines) is 1. The molecule has 1 aromatic carbocycles. The summed E-state index contributed by atoms with van der Waals surface area (Å²) in [5.41, 5.74) is 1.73. The molecule has 1 aromatic heterocycles. The Bertz CT molecular complexity index is 755. The third-order valence-electron chi connectivity index (χ3n) is 4.75. The van der Waals surface area contributed by atoms with Gasteiger partial charge in [0.05, 0.1) is 11.2 Å². The Labute approximate surface area is 145 Å². The first-order valence-corrected chi connectivity index (χ1v) is 8.38. The molecule has 2 saturated heterocycles. The number of anilines is 1. The summed E-state index contributed by atoms with van der Waals surface area (Å²) >= 11 is 6.08. The molecule has 3 heterocycles. The highest BCUT2D eigenvalue weighted by Gasteiger charge is 2.52. The molecule has 0 bridgehead atoms. The van der Waals surface area contributed by atoms with Gasteiger partial charge in [0, 0.05) is 37.1 Å². The van der Waals surface area contributed by atoms with Crippen molar-refractivity contribution >= 4 is 23.4 Å². The van der Waals surface area contributed by atoms with Gasteiger partial charge in [-0.15, -0.1) is 0 Å². The molecule has 1 atom stereocenters. The van der Waals surface area contributed by atoms with Crippen LogP contribution in [0.25, 0.3) is 0 Å². The number of cyclic esters (lactones) is 1. The van der Waals surface area contributed by atoms with Crippen molar-refractivity contribution in [1.82, 2.24) is 9.88 Å². The summed E-state index contributed by atoms with van der Waals surface area (Å²) in [6.07, 6.45) is 4.02. The van der Waals surface area contributed by atoms with Crippen molar-refractivity contribution in [3.05, 3.63) is 59.4 Å². The first kappa shape index (κ1) is 15.4. The van der Waals surface area contributed by atoms with Gasteiger partial charge < -0.3 is 4.74 Å². The third-order valence-corrected chi connectivity index (χ3v) is 4.98. The minimum Gasteiger partial charge on any atom is -0.447 e. The summed E-state index contributed by atoms with van der Waals surface area (Å²) in [4.78, 5) is 20.5. The number of carbonyl (C=O) groups excluding carboxylic acids is 1. The number of amides is 1. The van der Waals surface area contributed by atoms with Gasteiger partial charge >= 0.3 is 6.09 Å². The maximum Gasteiger partial charge on any atom is 0.415 e. The molecule has 2 fully saturated rings. The van der Waals surface area contributed by atoms with E-state index in [-0.39, 0.29) is 11.6 Å². The first-order valence-electron chi connectivity index (χ1n) is 8.00. The van der Waals surface area contributed by atoms with Crippen molar-refractivity contribution < 1.29 is 9.53 Å². The molecule has 2 aliphatic heterocycles. The second-order valence-corrected chi connectivity index (χ2v) is 6.85. The Balaban J connectivity index is 1.54. The van der Waals surface area contributed by atoms with Crippen molar-refractivity contribution in [2.45, 2.75) is 18.5 Å². The fraction of sp³-hybridized carbons (Fsp3) is 0.333. The van der Waals surface area contributed by atoms with E-state index in [1.807, 2.05) is 30.3 Å². The summed E-state index contributed by atoms with van der Waals surface area (Å²) < 4.78 is 5.39. The molecule has 0 saturated carbocycles. The minimum absolute atomic E-state index is 0.272. The van der Waals surface area contributed by atoms with Gasteiger partial charge in [0.25, 0.3) is 0 Å². The molecule has 124 valence electrons. The predicted molar refractivity (Wildman–Crippen MR) is 92.1 cm³/mol. The van der Waals surface area contributed by atoms with Crippen molar-refractivity contribution in [2.24, 2.45) is 0 Å². The number of hydrogen-bond donors (Lipinski definition) is 0. The van der Waals surface area contributed by atoms with Gasteiger partial charge in [0.15, 0.2) is 0 Å².